The van der Waals surface area contributed by atoms with Gasteiger partial charge in [0, 0.05) is 51.3 Å². The second-order valence-corrected chi connectivity index (χ2v) is 9.51. The Kier molecular flexibility index (Phi) is 6.97. The number of amides is 1. The summed E-state index contributed by atoms with van der Waals surface area (Å²) in [6.07, 6.45) is 1.46. The second-order valence-electron chi connectivity index (χ2n) is 9.07. The molecule has 2 saturated heterocycles. The summed E-state index contributed by atoms with van der Waals surface area (Å²) in [5, 5.41) is 0.782. The third kappa shape index (κ3) is 5.66. The molecule has 166 valence electrons. The maximum atomic E-state index is 13.2. The van der Waals surface area contributed by atoms with Crippen LogP contribution in [0, 0.1) is 0 Å². The van der Waals surface area contributed by atoms with Gasteiger partial charge in [0.1, 0.15) is 6.10 Å². The number of nitrogens with zero attached hydrogens (tertiary/aromatic N) is 3. The van der Waals surface area contributed by atoms with Crippen LogP contribution < -0.4 is 0 Å². The zero-order chi connectivity index (χ0) is 21.8. The summed E-state index contributed by atoms with van der Waals surface area (Å²) >= 11 is 6.14. The standard InChI is InChI=1S/C25H32ClN3O2/c1-27-18-23(24(30)28(2)16-20-7-4-3-5-8-20)31-25(19-27)11-13-29(14-12-25)17-21-9-6-10-22(26)15-21/h3-10,15,23H,11-14,16-19H2,1-2H3/t23-/m0/s1. The van der Waals surface area contributed by atoms with Crippen LogP contribution in [0.15, 0.2) is 54.6 Å². The van der Waals surface area contributed by atoms with E-state index < -0.39 is 6.10 Å². The number of carbonyl (C=O) groups excluding carboxylic acids is 1. The SMILES string of the molecule is CN1C[C@@H](C(=O)N(C)Cc2ccccc2)OC2(CCN(Cc3cccc(Cl)c3)CC2)C1. The van der Waals surface area contributed by atoms with E-state index in [0.717, 1.165) is 49.6 Å². The summed E-state index contributed by atoms with van der Waals surface area (Å²) in [5.41, 5.74) is 2.12. The van der Waals surface area contributed by atoms with Crippen molar-refractivity contribution < 1.29 is 9.53 Å². The van der Waals surface area contributed by atoms with Gasteiger partial charge in [-0.15, -0.1) is 0 Å². The number of carbonyl (C=O) groups is 1. The molecule has 2 heterocycles. The summed E-state index contributed by atoms with van der Waals surface area (Å²) in [5.74, 6) is 0.0659. The minimum atomic E-state index is -0.410. The number of benzene rings is 2. The molecule has 6 heteroatoms. The third-order valence-electron chi connectivity index (χ3n) is 6.40. The van der Waals surface area contributed by atoms with Crippen LogP contribution in [0.4, 0.5) is 0 Å². The van der Waals surface area contributed by atoms with Gasteiger partial charge in [-0.1, -0.05) is 54.1 Å². The number of hydrogen-bond acceptors (Lipinski definition) is 4. The zero-order valence-electron chi connectivity index (χ0n) is 18.5. The first-order valence-corrected chi connectivity index (χ1v) is 11.4. The minimum absolute atomic E-state index is 0.0659. The van der Waals surface area contributed by atoms with Gasteiger partial charge >= 0.3 is 0 Å². The predicted molar refractivity (Wildman–Crippen MR) is 124 cm³/mol. The van der Waals surface area contributed by atoms with Gasteiger partial charge in [-0.25, -0.2) is 0 Å². The smallest absolute Gasteiger partial charge is 0.253 e. The highest BCUT2D eigenvalue weighted by atomic mass is 35.5. The van der Waals surface area contributed by atoms with Crippen LogP contribution in [-0.2, 0) is 22.6 Å². The molecule has 0 saturated carbocycles. The Morgan fingerprint density at radius 2 is 1.84 bits per heavy atom. The molecule has 0 aliphatic carbocycles. The Hall–Kier alpha value is -1.92. The molecule has 5 nitrogen and oxygen atoms in total. The maximum absolute atomic E-state index is 13.2. The van der Waals surface area contributed by atoms with E-state index in [1.165, 1.54) is 5.56 Å². The average molecular weight is 442 g/mol. The number of likely N-dealkylation sites (tertiary alicyclic amines) is 1. The molecule has 0 N–H and O–H groups in total. The van der Waals surface area contributed by atoms with Gasteiger partial charge in [0.25, 0.3) is 5.91 Å². The van der Waals surface area contributed by atoms with E-state index in [0.29, 0.717) is 13.1 Å². The molecule has 2 aromatic rings. The molecule has 0 bridgehead atoms. The van der Waals surface area contributed by atoms with Crippen molar-refractivity contribution in [3.63, 3.8) is 0 Å². The molecule has 4 rings (SSSR count). The Morgan fingerprint density at radius 3 is 2.55 bits per heavy atom. The summed E-state index contributed by atoms with van der Waals surface area (Å²) in [6.45, 7) is 4.94. The van der Waals surface area contributed by atoms with E-state index in [9.17, 15) is 4.79 Å². The fourth-order valence-corrected chi connectivity index (χ4v) is 5.03. The minimum Gasteiger partial charge on any atom is -0.359 e. The van der Waals surface area contributed by atoms with Crippen molar-refractivity contribution in [2.24, 2.45) is 0 Å². The summed E-state index contributed by atoms with van der Waals surface area (Å²) in [6, 6.07) is 18.2. The quantitative estimate of drug-likeness (QED) is 0.709. The fourth-order valence-electron chi connectivity index (χ4n) is 4.81. The van der Waals surface area contributed by atoms with E-state index in [-0.39, 0.29) is 11.5 Å². The van der Waals surface area contributed by atoms with Crippen LogP contribution in [0.3, 0.4) is 0 Å². The van der Waals surface area contributed by atoms with Gasteiger partial charge in [0.15, 0.2) is 0 Å². The van der Waals surface area contributed by atoms with E-state index >= 15 is 0 Å². The van der Waals surface area contributed by atoms with Crippen LogP contribution in [0.5, 0.6) is 0 Å². The van der Waals surface area contributed by atoms with Gasteiger partial charge < -0.3 is 14.5 Å². The Labute approximate surface area is 190 Å². The normalized spacial score (nSPS) is 21.8. The first kappa shape index (κ1) is 22.3. The number of hydrogen-bond donors (Lipinski definition) is 0. The Morgan fingerprint density at radius 1 is 1.13 bits per heavy atom. The highest BCUT2D eigenvalue weighted by Gasteiger charge is 2.44. The lowest BCUT2D eigenvalue weighted by Crippen LogP contribution is -2.61. The molecular formula is C25H32ClN3O2. The van der Waals surface area contributed by atoms with E-state index in [2.05, 4.69) is 35.0 Å². The highest BCUT2D eigenvalue weighted by Crippen LogP contribution is 2.33. The van der Waals surface area contributed by atoms with Crippen molar-refractivity contribution in [2.75, 3.05) is 40.3 Å². The Balaban J connectivity index is 1.35. The number of morpholine rings is 1. The molecular weight excluding hydrogens is 410 g/mol. The number of rotatable bonds is 5. The fraction of sp³-hybridized carbons (Fsp3) is 0.480. The second kappa shape index (κ2) is 9.70. The lowest BCUT2D eigenvalue weighted by atomic mass is 9.88. The third-order valence-corrected chi connectivity index (χ3v) is 6.64. The van der Waals surface area contributed by atoms with Gasteiger partial charge in [-0.05, 0) is 43.1 Å². The molecule has 0 aromatic heterocycles. The van der Waals surface area contributed by atoms with Crippen molar-refractivity contribution in [2.45, 2.75) is 37.6 Å². The van der Waals surface area contributed by atoms with Crippen LogP contribution >= 0.6 is 11.6 Å². The van der Waals surface area contributed by atoms with Crippen molar-refractivity contribution in [1.29, 1.82) is 0 Å². The summed E-state index contributed by atoms with van der Waals surface area (Å²) in [7, 11) is 3.97. The Bertz CT molecular complexity index is 883. The lowest BCUT2D eigenvalue weighted by molar-refractivity contribution is -0.188. The van der Waals surface area contributed by atoms with Gasteiger partial charge in [0.05, 0.1) is 5.60 Å². The molecule has 2 aromatic carbocycles. The monoisotopic (exact) mass is 441 g/mol. The number of halogens is 1. The number of ether oxygens (including phenoxy) is 1. The highest BCUT2D eigenvalue weighted by molar-refractivity contribution is 6.30. The zero-order valence-corrected chi connectivity index (χ0v) is 19.2. The van der Waals surface area contributed by atoms with Gasteiger partial charge in [-0.3, -0.25) is 9.69 Å². The first-order valence-electron chi connectivity index (χ1n) is 11.0. The molecule has 2 fully saturated rings. The predicted octanol–water partition coefficient (Wildman–Crippen LogP) is 3.66. The van der Waals surface area contributed by atoms with E-state index in [1.54, 1.807) is 4.90 Å². The lowest BCUT2D eigenvalue weighted by Gasteiger charge is -2.49. The molecule has 1 amide bonds. The summed E-state index contributed by atoms with van der Waals surface area (Å²) < 4.78 is 6.54. The molecule has 31 heavy (non-hydrogen) atoms. The molecule has 2 aliphatic rings. The van der Waals surface area contributed by atoms with Crippen molar-refractivity contribution in [3.05, 3.63) is 70.7 Å². The maximum Gasteiger partial charge on any atom is 0.253 e. The van der Waals surface area contributed by atoms with Crippen molar-refractivity contribution >= 4 is 17.5 Å². The largest absolute Gasteiger partial charge is 0.359 e. The van der Waals surface area contributed by atoms with Gasteiger partial charge in [-0.2, -0.15) is 0 Å². The molecule has 0 radical (unpaired) electrons. The van der Waals surface area contributed by atoms with E-state index in [4.69, 9.17) is 16.3 Å². The van der Waals surface area contributed by atoms with Crippen molar-refractivity contribution in [1.82, 2.24) is 14.7 Å². The summed E-state index contributed by atoms with van der Waals surface area (Å²) in [4.78, 5) is 19.7. The first-order chi connectivity index (χ1) is 14.9. The molecule has 2 aliphatic heterocycles. The number of likely N-dealkylation sites (N-methyl/N-ethyl adjacent to an activating group) is 2. The average Bonchev–Trinajstić information content (AvgIpc) is 2.75. The number of piperidine rings is 1. The van der Waals surface area contributed by atoms with Gasteiger partial charge in [0.2, 0.25) is 0 Å². The van der Waals surface area contributed by atoms with E-state index in [1.807, 2.05) is 43.4 Å². The topological polar surface area (TPSA) is 36.0 Å². The van der Waals surface area contributed by atoms with Crippen LogP contribution in [0.25, 0.3) is 0 Å². The molecule has 0 unspecified atom stereocenters. The molecule has 1 spiro atoms. The molecule has 1 atom stereocenters. The van der Waals surface area contributed by atoms with Crippen LogP contribution in [0.1, 0.15) is 24.0 Å². The van der Waals surface area contributed by atoms with Crippen LogP contribution in [0.2, 0.25) is 5.02 Å². The van der Waals surface area contributed by atoms with Crippen molar-refractivity contribution in [3.8, 4) is 0 Å². The van der Waals surface area contributed by atoms with Crippen LogP contribution in [-0.4, -0.2) is 72.6 Å².